The van der Waals surface area contributed by atoms with Crippen molar-refractivity contribution >= 4 is 5.69 Å². The fraction of sp³-hybridized carbons (Fsp3) is 0.571. The lowest BCUT2D eigenvalue weighted by atomic mass is 9.54. The number of nitrogens with two attached hydrogens (primary N) is 1. The van der Waals surface area contributed by atoms with Crippen LogP contribution in [0.3, 0.4) is 0 Å². The van der Waals surface area contributed by atoms with Crippen molar-refractivity contribution in [3.05, 3.63) is 39.4 Å². The Kier molecular flexibility index (Phi) is 3.15. The van der Waals surface area contributed by atoms with Crippen molar-refractivity contribution in [1.82, 2.24) is 0 Å². The molecule has 0 aromatic heterocycles. The number of aryl methyl sites for hydroxylation is 1. The zero-order chi connectivity index (χ0) is 13.5. The largest absolute Gasteiger partial charge is 0.327 e. The number of benzene rings is 1. The van der Waals surface area contributed by atoms with E-state index in [0.717, 1.165) is 24.0 Å². The van der Waals surface area contributed by atoms with Crippen LogP contribution in [0, 0.1) is 22.5 Å². The van der Waals surface area contributed by atoms with E-state index in [2.05, 4.69) is 13.8 Å². The molecule has 2 rings (SSSR count). The lowest BCUT2D eigenvalue weighted by Gasteiger charge is -2.53. The molecular formula is C14H20N2O2. The van der Waals surface area contributed by atoms with Crippen LogP contribution in [0.4, 0.5) is 5.69 Å². The number of nitrogens with zero attached hydrogens (tertiary/aromatic N) is 1. The average Bonchev–Trinajstić information content (AvgIpc) is 2.35. The molecule has 0 heterocycles. The minimum Gasteiger partial charge on any atom is -0.327 e. The molecule has 3 atom stereocenters. The summed E-state index contributed by atoms with van der Waals surface area (Å²) in [7, 11) is 0. The molecule has 3 unspecified atom stereocenters. The normalized spacial score (nSPS) is 30.9. The zero-order valence-corrected chi connectivity index (χ0v) is 11.1. The van der Waals surface area contributed by atoms with Crippen molar-refractivity contribution in [2.24, 2.45) is 11.1 Å². The van der Waals surface area contributed by atoms with Crippen LogP contribution in [-0.2, 0) is 0 Å². The molecule has 0 bridgehead atoms. The number of nitro benzene ring substituents is 1. The molecule has 0 aliphatic heterocycles. The molecule has 1 fully saturated rings. The molecule has 0 saturated heterocycles. The quantitative estimate of drug-likeness (QED) is 0.660. The molecule has 98 valence electrons. The summed E-state index contributed by atoms with van der Waals surface area (Å²) in [6.07, 6.45) is 1.92. The summed E-state index contributed by atoms with van der Waals surface area (Å²) in [4.78, 5) is 10.5. The van der Waals surface area contributed by atoms with Crippen LogP contribution in [0.25, 0.3) is 0 Å². The molecule has 1 saturated carbocycles. The first-order valence-electron chi connectivity index (χ1n) is 6.40. The fourth-order valence-electron chi connectivity index (χ4n) is 3.00. The van der Waals surface area contributed by atoms with Gasteiger partial charge in [0.15, 0.2) is 0 Å². The number of hydrogen-bond acceptors (Lipinski definition) is 3. The SMILES string of the molecule is CCC1(C)C(N)CC1c1cc([N+](=O)[O-])ccc1C. The van der Waals surface area contributed by atoms with Crippen molar-refractivity contribution in [3.63, 3.8) is 0 Å². The zero-order valence-electron chi connectivity index (χ0n) is 11.1. The van der Waals surface area contributed by atoms with Crippen molar-refractivity contribution in [2.75, 3.05) is 0 Å². The van der Waals surface area contributed by atoms with E-state index in [-0.39, 0.29) is 22.1 Å². The van der Waals surface area contributed by atoms with Crippen LogP contribution < -0.4 is 5.73 Å². The second-order valence-corrected chi connectivity index (χ2v) is 5.55. The van der Waals surface area contributed by atoms with E-state index >= 15 is 0 Å². The summed E-state index contributed by atoms with van der Waals surface area (Å²) < 4.78 is 0. The van der Waals surface area contributed by atoms with Gasteiger partial charge in [0.1, 0.15) is 0 Å². The number of nitro groups is 1. The third-order valence-corrected chi connectivity index (χ3v) is 4.74. The monoisotopic (exact) mass is 248 g/mol. The summed E-state index contributed by atoms with van der Waals surface area (Å²) in [5.41, 5.74) is 8.57. The molecule has 2 N–H and O–H groups in total. The molecule has 0 amide bonds. The maximum atomic E-state index is 10.9. The standard InChI is InChI=1S/C14H20N2O2/c1-4-14(3)12(8-13(14)15)11-7-10(16(17)18)6-5-9(11)2/h5-7,12-13H,4,8,15H2,1-3H3. The number of rotatable bonds is 3. The van der Waals surface area contributed by atoms with E-state index in [0.29, 0.717) is 5.92 Å². The Morgan fingerprint density at radius 1 is 1.56 bits per heavy atom. The van der Waals surface area contributed by atoms with Crippen LogP contribution in [0.15, 0.2) is 18.2 Å². The van der Waals surface area contributed by atoms with Gasteiger partial charge in [-0.2, -0.15) is 0 Å². The van der Waals surface area contributed by atoms with E-state index in [9.17, 15) is 10.1 Å². The first-order valence-corrected chi connectivity index (χ1v) is 6.40. The van der Waals surface area contributed by atoms with E-state index in [1.165, 1.54) is 0 Å². The highest BCUT2D eigenvalue weighted by molar-refractivity contribution is 5.43. The van der Waals surface area contributed by atoms with Crippen LogP contribution >= 0.6 is 0 Å². The Labute approximate surface area is 107 Å². The average molecular weight is 248 g/mol. The lowest BCUT2D eigenvalue weighted by Crippen LogP contribution is -2.54. The fourth-order valence-corrected chi connectivity index (χ4v) is 3.00. The number of non-ortho nitro benzene ring substituents is 1. The smallest absolute Gasteiger partial charge is 0.269 e. The van der Waals surface area contributed by atoms with Gasteiger partial charge in [-0.05, 0) is 42.2 Å². The van der Waals surface area contributed by atoms with Gasteiger partial charge in [-0.25, -0.2) is 0 Å². The highest BCUT2D eigenvalue weighted by Gasteiger charge is 2.49. The van der Waals surface area contributed by atoms with Gasteiger partial charge in [-0.3, -0.25) is 10.1 Å². The van der Waals surface area contributed by atoms with Gasteiger partial charge in [-0.1, -0.05) is 19.9 Å². The third-order valence-electron chi connectivity index (χ3n) is 4.74. The van der Waals surface area contributed by atoms with Gasteiger partial charge in [-0.15, -0.1) is 0 Å². The van der Waals surface area contributed by atoms with Gasteiger partial charge >= 0.3 is 0 Å². The van der Waals surface area contributed by atoms with Gasteiger partial charge in [0.05, 0.1) is 4.92 Å². The topological polar surface area (TPSA) is 69.2 Å². The van der Waals surface area contributed by atoms with Gasteiger partial charge < -0.3 is 5.73 Å². The molecule has 1 aliphatic carbocycles. The molecule has 4 nitrogen and oxygen atoms in total. The first kappa shape index (κ1) is 13.0. The van der Waals surface area contributed by atoms with E-state index in [4.69, 9.17) is 5.73 Å². The van der Waals surface area contributed by atoms with Crippen LogP contribution in [-0.4, -0.2) is 11.0 Å². The Hall–Kier alpha value is -1.42. The minimum absolute atomic E-state index is 0.0694. The predicted molar refractivity (Wildman–Crippen MR) is 71.6 cm³/mol. The molecule has 1 aliphatic rings. The summed E-state index contributed by atoms with van der Waals surface area (Å²) in [6.45, 7) is 6.34. The predicted octanol–water partition coefficient (Wildman–Crippen LogP) is 3.13. The van der Waals surface area contributed by atoms with Gasteiger partial charge in [0.2, 0.25) is 0 Å². The summed E-state index contributed by atoms with van der Waals surface area (Å²) in [5.74, 6) is 0.345. The summed E-state index contributed by atoms with van der Waals surface area (Å²) in [6, 6.07) is 5.33. The molecule has 1 aromatic carbocycles. The second kappa shape index (κ2) is 4.35. The molecule has 0 radical (unpaired) electrons. The van der Waals surface area contributed by atoms with E-state index < -0.39 is 0 Å². The molecule has 4 heteroatoms. The Morgan fingerprint density at radius 3 is 2.72 bits per heavy atom. The minimum atomic E-state index is -0.329. The van der Waals surface area contributed by atoms with Crippen LogP contribution in [0.1, 0.15) is 43.7 Å². The third kappa shape index (κ3) is 1.81. The van der Waals surface area contributed by atoms with E-state index in [1.54, 1.807) is 12.1 Å². The highest BCUT2D eigenvalue weighted by Crippen LogP contribution is 2.54. The maximum absolute atomic E-state index is 10.9. The van der Waals surface area contributed by atoms with Crippen molar-refractivity contribution in [1.29, 1.82) is 0 Å². The molecule has 18 heavy (non-hydrogen) atoms. The molecular weight excluding hydrogens is 228 g/mol. The molecule has 1 aromatic rings. The lowest BCUT2D eigenvalue weighted by molar-refractivity contribution is -0.385. The van der Waals surface area contributed by atoms with Crippen LogP contribution in [0.2, 0.25) is 0 Å². The Bertz CT molecular complexity index is 487. The van der Waals surface area contributed by atoms with Gasteiger partial charge in [0, 0.05) is 18.2 Å². The second-order valence-electron chi connectivity index (χ2n) is 5.55. The summed E-state index contributed by atoms with van der Waals surface area (Å²) in [5, 5.41) is 10.9. The number of hydrogen-bond donors (Lipinski definition) is 1. The van der Waals surface area contributed by atoms with Crippen molar-refractivity contribution in [2.45, 2.75) is 45.6 Å². The Balaban J connectivity index is 2.40. The first-order chi connectivity index (χ1) is 8.40. The van der Waals surface area contributed by atoms with E-state index in [1.807, 2.05) is 13.0 Å². The van der Waals surface area contributed by atoms with Crippen LogP contribution in [0.5, 0.6) is 0 Å². The van der Waals surface area contributed by atoms with Crippen molar-refractivity contribution in [3.8, 4) is 0 Å². The highest BCUT2D eigenvalue weighted by atomic mass is 16.6. The van der Waals surface area contributed by atoms with Crippen molar-refractivity contribution < 1.29 is 4.92 Å². The summed E-state index contributed by atoms with van der Waals surface area (Å²) >= 11 is 0. The Morgan fingerprint density at radius 2 is 2.22 bits per heavy atom. The maximum Gasteiger partial charge on any atom is 0.269 e. The molecule has 0 spiro atoms. The van der Waals surface area contributed by atoms with Gasteiger partial charge in [0.25, 0.3) is 5.69 Å².